The number of rotatable bonds is 8. The predicted molar refractivity (Wildman–Crippen MR) is 108 cm³/mol. The lowest BCUT2D eigenvalue weighted by molar-refractivity contribution is 0.0952. The van der Waals surface area contributed by atoms with Crippen LogP contribution in [0.2, 0.25) is 5.02 Å². The summed E-state index contributed by atoms with van der Waals surface area (Å²) >= 11 is 6.12. The summed E-state index contributed by atoms with van der Waals surface area (Å²) < 4.78 is 0. The number of aryl methyl sites for hydroxylation is 1. The van der Waals surface area contributed by atoms with Crippen molar-refractivity contribution in [1.82, 2.24) is 15.3 Å². The number of nitrogens with zero attached hydrogens (tertiary/aromatic N) is 2. The fourth-order valence-corrected chi connectivity index (χ4v) is 2.80. The molecule has 5 nitrogen and oxygen atoms in total. The van der Waals surface area contributed by atoms with Crippen LogP contribution in [0.3, 0.4) is 0 Å². The number of hydrogen-bond donors (Lipinski definition) is 2. The molecule has 0 bridgehead atoms. The van der Waals surface area contributed by atoms with Crippen LogP contribution >= 0.6 is 11.6 Å². The van der Waals surface area contributed by atoms with Crippen LogP contribution in [0.1, 0.15) is 27.9 Å². The molecule has 0 radical (unpaired) electrons. The molecule has 3 rings (SSSR count). The van der Waals surface area contributed by atoms with Gasteiger partial charge in [0.25, 0.3) is 5.91 Å². The Labute approximate surface area is 163 Å². The second-order valence-electron chi connectivity index (χ2n) is 6.09. The van der Waals surface area contributed by atoms with E-state index in [0.717, 1.165) is 18.4 Å². The topological polar surface area (TPSA) is 66.9 Å². The Kier molecular flexibility index (Phi) is 6.77. The summed E-state index contributed by atoms with van der Waals surface area (Å²) in [5.74, 6) is 0.288. The molecule has 3 aromatic rings. The van der Waals surface area contributed by atoms with Gasteiger partial charge in [-0.2, -0.15) is 0 Å². The molecule has 6 heteroatoms. The minimum Gasteiger partial charge on any atom is -0.352 e. The molecule has 0 unspecified atom stereocenters. The number of carbonyl (C=O) groups excluding carboxylic acids is 1. The maximum atomic E-state index is 12.2. The van der Waals surface area contributed by atoms with Crippen molar-refractivity contribution in [3.05, 3.63) is 88.7 Å². The van der Waals surface area contributed by atoms with Crippen molar-refractivity contribution in [1.29, 1.82) is 0 Å². The van der Waals surface area contributed by atoms with Crippen LogP contribution in [0, 0.1) is 0 Å². The third-order valence-corrected chi connectivity index (χ3v) is 4.45. The molecule has 0 fully saturated rings. The Morgan fingerprint density at radius 3 is 2.41 bits per heavy atom. The molecule has 0 aliphatic carbocycles. The SMILES string of the molecule is O=C(NCCCc1ccccc1)c1cnc(NCc2ccccc2Cl)nc1. The van der Waals surface area contributed by atoms with Crippen molar-refractivity contribution < 1.29 is 4.79 Å². The van der Waals surface area contributed by atoms with E-state index < -0.39 is 0 Å². The highest BCUT2D eigenvalue weighted by Crippen LogP contribution is 2.15. The van der Waals surface area contributed by atoms with Crippen LogP contribution in [0.4, 0.5) is 5.95 Å². The first-order valence-corrected chi connectivity index (χ1v) is 9.21. The lowest BCUT2D eigenvalue weighted by Gasteiger charge is -2.08. The standard InChI is InChI=1S/C21H21ClN4O/c22-19-11-5-4-10-17(19)13-24-21-25-14-18(15-26-21)20(27)23-12-6-9-16-7-2-1-3-8-16/h1-5,7-8,10-11,14-15H,6,9,12-13H2,(H,23,27)(H,24,25,26). The second kappa shape index (κ2) is 9.69. The minimum absolute atomic E-state index is 0.166. The molecule has 0 atom stereocenters. The number of aromatic nitrogens is 2. The summed E-state index contributed by atoms with van der Waals surface area (Å²) in [5, 5.41) is 6.69. The molecule has 27 heavy (non-hydrogen) atoms. The number of anilines is 1. The second-order valence-corrected chi connectivity index (χ2v) is 6.49. The van der Waals surface area contributed by atoms with Gasteiger partial charge in [-0.15, -0.1) is 0 Å². The summed E-state index contributed by atoms with van der Waals surface area (Å²) in [4.78, 5) is 20.6. The summed E-state index contributed by atoms with van der Waals surface area (Å²) in [7, 11) is 0. The highest BCUT2D eigenvalue weighted by Gasteiger charge is 2.07. The Morgan fingerprint density at radius 1 is 0.963 bits per heavy atom. The van der Waals surface area contributed by atoms with E-state index in [1.165, 1.54) is 18.0 Å². The van der Waals surface area contributed by atoms with Crippen LogP contribution in [0.5, 0.6) is 0 Å². The highest BCUT2D eigenvalue weighted by atomic mass is 35.5. The van der Waals surface area contributed by atoms with Crippen molar-refractivity contribution >= 4 is 23.5 Å². The molecular formula is C21H21ClN4O. The number of amides is 1. The Morgan fingerprint density at radius 2 is 1.67 bits per heavy atom. The molecular weight excluding hydrogens is 360 g/mol. The molecule has 2 N–H and O–H groups in total. The number of halogens is 1. The highest BCUT2D eigenvalue weighted by molar-refractivity contribution is 6.31. The van der Waals surface area contributed by atoms with Gasteiger partial charge in [-0.1, -0.05) is 60.1 Å². The zero-order valence-electron chi connectivity index (χ0n) is 14.9. The molecule has 0 saturated carbocycles. The fourth-order valence-electron chi connectivity index (χ4n) is 2.59. The van der Waals surface area contributed by atoms with Crippen LogP contribution in [-0.4, -0.2) is 22.4 Å². The molecule has 0 spiro atoms. The molecule has 0 saturated heterocycles. The van der Waals surface area contributed by atoms with Crippen molar-refractivity contribution in [2.75, 3.05) is 11.9 Å². The average Bonchev–Trinajstić information content (AvgIpc) is 2.72. The molecule has 1 amide bonds. The van der Waals surface area contributed by atoms with Gasteiger partial charge in [-0.25, -0.2) is 9.97 Å². The van der Waals surface area contributed by atoms with Gasteiger partial charge in [0.2, 0.25) is 5.95 Å². The first-order valence-electron chi connectivity index (χ1n) is 8.84. The van der Waals surface area contributed by atoms with Crippen molar-refractivity contribution in [3.8, 4) is 0 Å². The van der Waals surface area contributed by atoms with Gasteiger partial charge < -0.3 is 10.6 Å². The molecule has 0 aliphatic heterocycles. The Hall–Kier alpha value is -2.92. The lowest BCUT2D eigenvalue weighted by Crippen LogP contribution is -2.25. The quantitative estimate of drug-likeness (QED) is 0.577. The third-order valence-electron chi connectivity index (χ3n) is 4.08. The Bertz CT molecular complexity index is 869. The van der Waals surface area contributed by atoms with E-state index >= 15 is 0 Å². The zero-order valence-corrected chi connectivity index (χ0v) is 15.6. The molecule has 0 aliphatic rings. The maximum Gasteiger partial charge on any atom is 0.254 e. The number of nitrogens with one attached hydrogen (secondary N) is 2. The van der Waals surface area contributed by atoms with Crippen molar-refractivity contribution in [2.45, 2.75) is 19.4 Å². The van der Waals surface area contributed by atoms with Crippen LogP contribution in [0.15, 0.2) is 67.0 Å². The van der Waals surface area contributed by atoms with E-state index in [1.54, 1.807) is 0 Å². The third kappa shape index (κ3) is 5.79. The van der Waals surface area contributed by atoms with Crippen LogP contribution in [-0.2, 0) is 13.0 Å². The van der Waals surface area contributed by atoms with E-state index in [1.807, 2.05) is 42.5 Å². The van der Waals surface area contributed by atoms with Gasteiger partial charge >= 0.3 is 0 Å². The zero-order chi connectivity index (χ0) is 18.9. The Balaban J connectivity index is 1.43. The van der Waals surface area contributed by atoms with Gasteiger partial charge in [0, 0.05) is 30.5 Å². The lowest BCUT2D eigenvalue weighted by atomic mass is 10.1. The maximum absolute atomic E-state index is 12.2. The van der Waals surface area contributed by atoms with Crippen molar-refractivity contribution in [2.24, 2.45) is 0 Å². The van der Waals surface area contributed by atoms with E-state index in [2.05, 4.69) is 32.7 Å². The van der Waals surface area contributed by atoms with Gasteiger partial charge in [0.1, 0.15) is 0 Å². The van der Waals surface area contributed by atoms with Gasteiger partial charge in [0.15, 0.2) is 0 Å². The normalized spacial score (nSPS) is 10.4. The van der Waals surface area contributed by atoms with Gasteiger partial charge in [-0.05, 0) is 30.0 Å². The number of carbonyl (C=O) groups is 1. The summed E-state index contributed by atoms with van der Waals surface area (Å²) in [6.45, 7) is 1.13. The van der Waals surface area contributed by atoms with E-state index in [9.17, 15) is 4.79 Å². The first kappa shape index (κ1) is 18.9. The number of benzene rings is 2. The van der Waals surface area contributed by atoms with Crippen molar-refractivity contribution in [3.63, 3.8) is 0 Å². The fraction of sp³-hybridized carbons (Fsp3) is 0.190. The molecule has 1 aromatic heterocycles. The van der Waals surface area contributed by atoms with E-state index in [4.69, 9.17) is 11.6 Å². The van der Waals surface area contributed by atoms with Crippen LogP contribution < -0.4 is 10.6 Å². The molecule has 1 heterocycles. The summed E-state index contributed by atoms with van der Waals surface area (Å²) in [6, 6.07) is 17.8. The predicted octanol–water partition coefficient (Wildman–Crippen LogP) is 4.10. The average molecular weight is 381 g/mol. The first-order chi connectivity index (χ1) is 13.2. The van der Waals surface area contributed by atoms with Crippen LogP contribution in [0.25, 0.3) is 0 Å². The van der Waals surface area contributed by atoms with E-state index in [0.29, 0.717) is 29.6 Å². The minimum atomic E-state index is -0.166. The summed E-state index contributed by atoms with van der Waals surface area (Å²) in [6.07, 6.45) is 4.86. The number of hydrogen-bond acceptors (Lipinski definition) is 4. The summed E-state index contributed by atoms with van der Waals surface area (Å²) in [5.41, 5.74) is 2.67. The molecule has 138 valence electrons. The molecule has 2 aromatic carbocycles. The monoisotopic (exact) mass is 380 g/mol. The van der Waals surface area contributed by atoms with E-state index in [-0.39, 0.29) is 5.91 Å². The van der Waals surface area contributed by atoms with Gasteiger partial charge in [-0.3, -0.25) is 4.79 Å². The largest absolute Gasteiger partial charge is 0.352 e. The smallest absolute Gasteiger partial charge is 0.254 e. The van der Waals surface area contributed by atoms with Gasteiger partial charge in [0.05, 0.1) is 5.56 Å².